The number of aliphatic hydroxyl groups is 1. The van der Waals surface area contributed by atoms with E-state index in [0.717, 1.165) is 27.8 Å². The summed E-state index contributed by atoms with van der Waals surface area (Å²) >= 11 is 0. The molecule has 3 N–H and O–H groups in total. The Hall–Kier alpha value is -2.33. The van der Waals surface area contributed by atoms with Crippen LogP contribution >= 0.6 is 0 Å². The van der Waals surface area contributed by atoms with Crippen molar-refractivity contribution >= 4 is 11.0 Å². The number of hydrogen-bond donors (Lipinski definition) is 3. The number of nitrogens with one attached hydrogen (secondary N) is 2. The second-order valence-electron chi connectivity index (χ2n) is 5.21. The standard InChI is InChI=1S/C16H16N2O2/c1-9-5-10(2)7-12(6-9)15(19)11-3-4-13-14(8-11)18-16(20)17-13/h3-8,15,19H,1-2H3,(H2,17,18,20). The van der Waals surface area contributed by atoms with Gasteiger partial charge in [-0.2, -0.15) is 0 Å². The number of aromatic amines is 2. The van der Waals surface area contributed by atoms with Gasteiger partial charge in [0.15, 0.2) is 0 Å². The molecular weight excluding hydrogens is 252 g/mol. The van der Waals surface area contributed by atoms with Gasteiger partial charge in [-0.05, 0) is 37.1 Å². The first-order chi connectivity index (χ1) is 9.52. The fourth-order valence-electron chi connectivity index (χ4n) is 2.58. The number of imidazole rings is 1. The van der Waals surface area contributed by atoms with Gasteiger partial charge in [-0.1, -0.05) is 35.4 Å². The van der Waals surface area contributed by atoms with E-state index in [2.05, 4.69) is 16.0 Å². The van der Waals surface area contributed by atoms with Gasteiger partial charge in [0.1, 0.15) is 6.10 Å². The molecule has 4 nitrogen and oxygen atoms in total. The van der Waals surface area contributed by atoms with E-state index in [4.69, 9.17) is 0 Å². The molecule has 2 aromatic carbocycles. The van der Waals surface area contributed by atoms with Crippen molar-refractivity contribution in [3.05, 3.63) is 69.1 Å². The lowest BCUT2D eigenvalue weighted by Crippen LogP contribution is -2.01. The normalized spacial score (nSPS) is 12.8. The zero-order chi connectivity index (χ0) is 14.3. The van der Waals surface area contributed by atoms with E-state index in [1.165, 1.54) is 0 Å². The quantitative estimate of drug-likeness (QED) is 0.668. The largest absolute Gasteiger partial charge is 0.384 e. The monoisotopic (exact) mass is 268 g/mol. The molecule has 0 saturated carbocycles. The van der Waals surface area contributed by atoms with Crippen molar-refractivity contribution in [1.82, 2.24) is 9.97 Å². The second-order valence-corrected chi connectivity index (χ2v) is 5.21. The van der Waals surface area contributed by atoms with Crippen LogP contribution < -0.4 is 5.69 Å². The highest BCUT2D eigenvalue weighted by molar-refractivity contribution is 5.75. The summed E-state index contributed by atoms with van der Waals surface area (Å²) in [6.45, 7) is 4.02. The summed E-state index contributed by atoms with van der Waals surface area (Å²) in [4.78, 5) is 16.7. The molecule has 0 spiro atoms. The smallest absolute Gasteiger partial charge is 0.323 e. The zero-order valence-corrected chi connectivity index (χ0v) is 11.4. The molecule has 1 aromatic heterocycles. The van der Waals surface area contributed by atoms with Crippen molar-refractivity contribution in [3.63, 3.8) is 0 Å². The molecule has 0 fully saturated rings. The summed E-state index contributed by atoms with van der Waals surface area (Å²) in [5.41, 5.74) is 5.07. The number of H-pyrrole nitrogens is 2. The minimum atomic E-state index is -0.698. The topological polar surface area (TPSA) is 68.9 Å². The minimum Gasteiger partial charge on any atom is -0.384 e. The number of hydrogen-bond acceptors (Lipinski definition) is 2. The maximum Gasteiger partial charge on any atom is 0.323 e. The number of rotatable bonds is 2. The molecule has 1 heterocycles. The Bertz CT molecular complexity index is 810. The van der Waals surface area contributed by atoms with Crippen LogP contribution in [0.2, 0.25) is 0 Å². The van der Waals surface area contributed by atoms with E-state index < -0.39 is 6.10 Å². The van der Waals surface area contributed by atoms with Crippen molar-refractivity contribution in [3.8, 4) is 0 Å². The lowest BCUT2D eigenvalue weighted by atomic mass is 9.98. The molecule has 3 aromatic rings. The minimum absolute atomic E-state index is 0.238. The molecule has 0 aliphatic carbocycles. The van der Waals surface area contributed by atoms with E-state index in [1.807, 2.05) is 32.0 Å². The first kappa shape index (κ1) is 12.7. The summed E-state index contributed by atoms with van der Waals surface area (Å²) in [6.07, 6.45) is -0.698. The van der Waals surface area contributed by atoms with Gasteiger partial charge in [0.05, 0.1) is 11.0 Å². The molecule has 102 valence electrons. The number of benzene rings is 2. The van der Waals surface area contributed by atoms with Crippen molar-refractivity contribution in [1.29, 1.82) is 0 Å². The SMILES string of the molecule is Cc1cc(C)cc(C(O)c2ccc3[nH]c(=O)[nH]c3c2)c1. The number of aryl methyl sites for hydroxylation is 2. The van der Waals surface area contributed by atoms with Crippen LogP contribution in [0.1, 0.15) is 28.4 Å². The van der Waals surface area contributed by atoms with E-state index >= 15 is 0 Å². The molecule has 20 heavy (non-hydrogen) atoms. The zero-order valence-electron chi connectivity index (χ0n) is 11.4. The summed E-state index contributed by atoms with van der Waals surface area (Å²) in [5.74, 6) is 0. The average Bonchev–Trinajstić information content (AvgIpc) is 2.75. The molecule has 1 unspecified atom stereocenters. The fourth-order valence-corrected chi connectivity index (χ4v) is 2.58. The van der Waals surface area contributed by atoms with Crippen molar-refractivity contribution < 1.29 is 5.11 Å². The molecule has 1 atom stereocenters. The number of aromatic nitrogens is 2. The molecule has 0 radical (unpaired) electrons. The van der Waals surface area contributed by atoms with Crippen LogP contribution in [0.25, 0.3) is 11.0 Å². The van der Waals surface area contributed by atoms with E-state index in [1.54, 1.807) is 12.1 Å². The highest BCUT2D eigenvalue weighted by Crippen LogP contribution is 2.25. The van der Waals surface area contributed by atoms with Crippen LogP contribution in [0.15, 0.2) is 41.2 Å². The van der Waals surface area contributed by atoms with Gasteiger partial charge < -0.3 is 15.1 Å². The Morgan fingerprint density at radius 2 is 1.55 bits per heavy atom. The summed E-state index contributed by atoms with van der Waals surface area (Å²) in [5, 5.41) is 10.5. The van der Waals surface area contributed by atoms with Crippen LogP contribution in [0.3, 0.4) is 0 Å². The van der Waals surface area contributed by atoms with Crippen molar-refractivity contribution in [2.24, 2.45) is 0 Å². The number of fused-ring (bicyclic) bond motifs is 1. The Kier molecular flexibility index (Phi) is 2.95. The third kappa shape index (κ3) is 2.26. The first-order valence-corrected chi connectivity index (χ1v) is 6.51. The Balaban J connectivity index is 2.06. The van der Waals surface area contributed by atoms with E-state index in [-0.39, 0.29) is 5.69 Å². The van der Waals surface area contributed by atoms with Crippen LogP contribution in [0.5, 0.6) is 0 Å². The van der Waals surface area contributed by atoms with Crippen LogP contribution in [0, 0.1) is 13.8 Å². The lowest BCUT2D eigenvalue weighted by Gasteiger charge is -2.13. The second kappa shape index (κ2) is 4.65. The van der Waals surface area contributed by atoms with Crippen molar-refractivity contribution in [2.45, 2.75) is 20.0 Å². The number of aliphatic hydroxyl groups excluding tert-OH is 1. The third-order valence-electron chi connectivity index (χ3n) is 3.42. The predicted octanol–water partition coefficient (Wildman–Crippen LogP) is 2.55. The maximum atomic E-state index is 11.3. The highest BCUT2D eigenvalue weighted by atomic mass is 16.3. The van der Waals surface area contributed by atoms with Gasteiger partial charge in [-0.25, -0.2) is 4.79 Å². The fraction of sp³-hybridized carbons (Fsp3) is 0.188. The predicted molar refractivity (Wildman–Crippen MR) is 78.9 cm³/mol. The van der Waals surface area contributed by atoms with Gasteiger partial charge >= 0.3 is 5.69 Å². The van der Waals surface area contributed by atoms with Gasteiger partial charge in [0.25, 0.3) is 0 Å². The van der Waals surface area contributed by atoms with E-state index in [0.29, 0.717) is 5.52 Å². The van der Waals surface area contributed by atoms with Crippen molar-refractivity contribution in [2.75, 3.05) is 0 Å². The maximum absolute atomic E-state index is 11.3. The van der Waals surface area contributed by atoms with Gasteiger partial charge in [0, 0.05) is 0 Å². The lowest BCUT2D eigenvalue weighted by molar-refractivity contribution is 0.220. The molecule has 0 aliphatic rings. The average molecular weight is 268 g/mol. The summed E-state index contributed by atoms with van der Waals surface area (Å²) in [6, 6.07) is 11.4. The van der Waals surface area contributed by atoms with Gasteiger partial charge in [0.2, 0.25) is 0 Å². The molecule has 0 bridgehead atoms. The van der Waals surface area contributed by atoms with Crippen LogP contribution in [-0.4, -0.2) is 15.1 Å². The highest BCUT2D eigenvalue weighted by Gasteiger charge is 2.12. The Morgan fingerprint density at radius 1 is 0.900 bits per heavy atom. The Labute approximate surface area is 116 Å². The third-order valence-corrected chi connectivity index (χ3v) is 3.42. The molecule has 0 saturated heterocycles. The van der Waals surface area contributed by atoms with Crippen LogP contribution in [0.4, 0.5) is 0 Å². The van der Waals surface area contributed by atoms with Gasteiger partial charge in [-0.3, -0.25) is 0 Å². The first-order valence-electron chi connectivity index (χ1n) is 6.51. The summed E-state index contributed by atoms with van der Waals surface area (Å²) < 4.78 is 0. The molecular formula is C16H16N2O2. The van der Waals surface area contributed by atoms with Gasteiger partial charge in [-0.15, -0.1) is 0 Å². The van der Waals surface area contributed by atoms with Crippen LogP contribution in [-0.2, 0) is 0 Å². The molecule has 4 heteroatoms. The Morgan fingerprint density at radius 3 is 2.25 bits per heavy atom. The van der Waals surface area contributed by atoms with E-state index in [9.17, 15) is 9.90 Å². The summed E-state index contributed by atoms with van der Waals surface area (Å²) in [7, 11) is 0. The molecule has 0 amide bonds. The molecule has 0 aliphatic heterocycles. The molecule has 3 rings (SSSR count).